The number of aromatic nitrogens is 3. The van der Waals surface area contributed by atoms with Crippen LogP contribution in [-0.2, 0) is 0 Å². The first kappa shape index (κ1) is 10.2. The highest BCUT2D eigenvalue weighted by atomic mass is 16.2. The number of nitrogens with one attached hydrogen (secondary N) is 3. The van der Waals surface area contributed by atoms with Crippen molar-refractivity contribution in [3.05, 3.63) is 46.1 Å². The molecule has 0 fully saturated rings. The van der Waals surface area contributed by atoms with E-state index in [-0.39, 0.29) is 17.2 Å². The van der Waals surface area contributed by atoms with E-state index in [1.807, 2.05) is 6.92 Å². The molecule has 0 saturated carbocycles. The Morgan fingerprint density at radius 3 is 2.81 bits per heavy atom. The summed E-state index contributed by atoms with van der Waals surface area (Å²) in [5, 5.41) is 7.41. The van der Waals surface area contributed by atoms with Gasteiger partial charge in [-0.15, -0.1) is 0 Å². The fraction of sp³-hybridized carbons (Fsp3) is 0.100. The molecule has 2 aromatic heterocycles. The predicted octanol–water partition coefficient (Wildman–Crippen LogP) is 0.659. The summed E-state index contributed by atoms with van der Waals surface area (Å²) in [5.74, 6) is -0.371. The maximum atomic E-state index is 11.6. The SMILES string of the molecule is Cc1cc(NC(=O)c2cc(=O)[nH][nH]2)ccn1. The largest absolute Gasteiger partial charge is 0.321 e. The van der Waals surface area contributed by atoms with Gasteiger partial charge < -0.3 is 5.32 Å². The molecule has 0 saturated heterocycles. The van der Waals surface area contributed by atoms with Crippen molar-refractivity contribution in [2.24, 2.45) is 0 Å². The predicted molar refractivity (Wildman–Crippen MR) is 58.3 cm³/mol. The van der Waals surface area contributed by atoms with E-state index in [4.69, 9.17) is 0 Å². The maximum Gasteiger partial charge on any atom is 0.273 e. The number of nitrogens with zero attached hydrogens (tertiary/aromatic N) is 1. The third kappa shape index (κ3) is 2.17. The molecule has 2 heterocycles. The Bertz CT molecular complexity index is 570. The number of carbonyl (C=O) groups excluding carboxylic acids is 1. The first-order valence-electron chi connectivity index (χ1n) is 4.67. The second kappa shape index (κ2) is 4.01. The lowest BCUT2D eigenvalue weighted by molar-refractivity contribution is 0.102. The number of hydrogen-bond acceptors (Lipinski definition) is 3. The van der Waals surface area contributed by atoms with E-state index in [0.29, 0.717) is 5.69 Å². The number of rotatable bonds is 2. The van der Waals surface area contributed by atoms with E-state index in [1.165, 1.54) is 6.07 Å². The zero-order chi connectivity index (χ0) is 11.5. The average Bonchev–Trinajstić information content (AvgIpc) is 2.65. The summed E-state index contributed by atoms with van der Waals surface area (Å²) in [6, 6.07) is 4.61. The maximum absolute atomic E-state index is 11.6. The van der Waals surface area contributed by atoms with Crippen LogP contribution in [0.1, 0.15) is 16.2 Å². The quantitative estimate of drug-likeness (QED) is 0.691. The van der Waals surface area contributed by atoms with Crippen molar-refractivity contribution >= 4 is 11.6 Å². The minimum absolute atomic E-state index is 0.194. The molecule has 16 heavy (non-hydrogen) atoms. The Hall–Kier alpha value is -2.37. The number of carbonyl (C=O) groups is 1. The smallest absolute Gasteiger partial charge is 0.273 e. The zero-order valence-corrected chi connectivity index (χ0v) is 8.57. The molecule has 82 valence electrons. The van der Waals surface area contributed by atoms with Crippen molar-refractivity contribution in [1.82, 2.24) is 15.2 Å². The first-order valence-corrected chi connectivity index (χ1v) is 4.67. The van der Waals surface area contributed by atoms with Crippen molar-refractivity contribution in [3.8, 4) is 0 Å². The Balaban J connectivity index is 2.16. The second-order valence-corrected chi connectivity index (χ2v) is 3.31. The third-order valence-electron chi connectivity index (χ3n) is 1.99. The number of H-pyrrole nitrogens is 2. The highest BCUT2D eigenvalue weighted by molar-refractivity contribution is 6.02. The van der Waals surface area contributed by atoms with Crippen LogP contribution in [0.5, 0.6) is 0 Å². The fourth-order valence-electron chi connectivity index (χ4n) is 1.28. The molecular weight excluding hydrogens is 208 g/mol. The molecule has 0 bridgehead atoms. The number of aromatic amines is 2. The number of anilines is 1. The summed E-state index contributed by atoms with van der Waals surface area (Å²) in [6.07, 6.45) is 1.60. The van der Waals surface area contributed by atoms with Gasteiger partial charge >= 0.3 is 0 Å². The first-order chi connectivity index (χ1) is 7.65. The molecule has 3 N–H and O–H groups in total. The van der Waals surface area contributed by atoms with Crippen LogP contribution in [0.2, 0.25) is 0 Å². The molecule has 1 amide bonds. The van der Waals surface area contributed by atoms with Crippen molar-refractivity contribution < 1.29 is 4.79 Å². The van der Waals surface area contributed by atoms with Crippen LogP contribution in [0.25, 0.3) is 0 Å². The van der Waals surface area contributed by atoms with Crippen LogP contribution in [-0.4, -0.2) is 21.1 Å². The minimum Gasteiger partial charge on any atom is -0.321 e. The van der Waals surface area contributed by atoms with Crippen molar-refractivity contribution in [1.29, 1.82) is 0 Å². The van der Waals surface area contributed by atoms with Gasteiger partial charge in [-0.25, -0.2) is 0 Å². The van der Waals surface area contributed by atoms with Crippen molar-refractivity contribution in [3.63, 3.8) is 0 Å². The van der Waals surface area contributed by atoms with Crippen LogP contribution < -0.4 is 10.9 Å². The third-order valence-corrected chi connectivity index (χ3v) is 1.99. The van der Waals surface area contributed by atoms with Gasteiger partial charge in [-0.05, 0) is 19.1 Å². The van der Waals surface area contributed by atoms with Gasteiger partial charge in [0, 0.05) is 23.6 Å². The zero-order valence-electron chi connectivity index (χ0n) is 8.57. The van der Waals surface area contributed by atoms with Gasteiger partial charge in [0.2, 0.25) is 0 Å². The standard InChI is InChI=1S/C10H10N4O2/c1-6-4-7(2-3-11-6)12-10(16)8-5-9(15)14-13-8/h2-5H,1H3,(H,11,12,16)(H2,13,14,15). The highest BCUT2D eigenvalue weighted by Gasteiger charge is 2.08. The van der Waals surface area contributed by atoms with Crippen molar-refractivity contribution in [2.45, 2.75) is 6.92 Å². The summed E-state index contributed by atoms with van der Waals surface area (Å²) in [5.41, 5.74) is 1.30. The summed E-state index contributed by atoms with van der Waals surface area (Å²) in [6.45, 7) is 1.83. The van der Waals surface area contributed by atoms with E-state index >= 15 is 0 Å². The Labute approximate surface area is 90.7 Å². The van der Waals surface area contributed by atoms with E-state index < -0.39 is 0 Å². The molecule has 0 unspecified atom stereocenters. The Kier molecular flexibility index (Phi) is 2.55. The molecule has 0 aliphatic heterocycles. The summed E-state index contributed by atoms with van der Waals surface area (Å²) < 4.78 is 0. The molecule has 6 nitrogen and oxygen atoms in total. The van der Waals surface area contributed by atoms with Gasteiger partial charge in [0.15, 0.2) is 0 Å². The summed E-state index contributed by atoms with van der Waals surface area (Å²) in [4.78, 5) is 26.5. The minimum atomic E-state index is -0.371. The van der Waals surface area contributed by atoms with Crippen molar-refractivity contribution in [2.75, 3.05) is 5.32 Å². The van der Waals surface area contributed by atoms with Crippen LogP contribution in [0.4, 0.5) is 5.69 Å². The summed E-state index contributed by atoms with van der Waals surface area (Å²) in [7, 11) is 0. The second-order valence-electron chi connectivity index (χ2n) is 3.31. The molecule has 0 aliphatic rings. The molecule has 0 aromatic carbocycles. The van der Waals surface area contributed by atoms with Crippen LogP contribution >= 0.6 is 0 Å². The van der Waals surface area contributed by atoms with Gasteiger partial charge in [-0.1, -0.05) is 0 Å². The number of hydrogen-bond donors (Lipinski definition) is 3. The lowest BCUT2D eigenvalue weighted by atomic mass is 10.3. The van der Waals surface area contributed by atoms with E-state index in [2.05, 4.69) is 20.5 Å². The number of amides is 1. The highest BCUT2D eigenvalue weighted by Crippen LogP contribution is 2.07. The van der Waals surface area contributed by atoms with E-state index in [9.17, 15) is 9.59 Å². The molecule has 0 radical (unpaired) electrons. The number of pyridine rings is 1. The van der Waals surface area contributed by atoms with Gasteiger partial charge in [0.05, 0.1) is 0 Å². The van der Waals surface area contributed by atoms with Gasteiger partial charge in [0.25, 0.3) is 11.5 Å². The molecular formula is C10H10N4O2. The van der Waals surface area contributed by atoms with Crippen LogP contribution in [0.15, 0.2) is 29.2 Å². The Morgan fingerprint density at radius 1 is 1.38 bits per heavy atom. The Morgan fingerprint density at radius 2 is 2.19 bits per heavy atom. The number of aryl methyl sites for hydroxylation is 1. The monoisotopic (exact) mass is 218 g/mol. The average molecular weight is 218 g/mol. The van der Waals surface area contributed by atoms with Gasteiger partial charge in [-0.2, -0.15) is 0 Å². The molecule has 6 heteroatoms. The topological polar surface area (TPSA) is 90.6 Å². The summed E-state index contributed by atoms with van der Waals surface area (Å²) >= 11 is 0. The molecule has 0 atom stereocenters. The van der Waals surface area contributed by atoms with Crippen LogP contribution in [0.3, 0.4) is 0 Å². The lowest BCUT2D eigenvalue weighted by Gasteiger charge is -2.03. The fourth-order valence-corrected chi connectivity index (χ4v) is 1.28. The van der Waals surface area contributed by atoms with E-state index in [1.54, 1.807) is 18.3 Å². The molecule has 2 rings (SSSR count). The lowest BCUT2D eigenvalue weighted by Crippen LogP contribution is -2.12. The van der Waals surface area contributed by atoms with Gasteiger partial charge in [0.1, 0.15) is 5.69 Å². The van der Waals surface area contributed by atoms with Crippen LogP contribution in [0, 0.1) is 6.92 Å². The van der Waals surface area contributed by atoms with E-state index in [0.717, 1.165) is 5.69 Å². The van der Waals surface area contributed by atoms with Gasteiger partial charge in [-0.3, -0.25) is 24.8 Å². The molecule has 0 spiro atoms. The normalized spacial score (nSPS) is 10.1. The molecule has 2 aromatic rings. The molecule has 0 aliphatic carbocycles.